The van der Waals surface area contributed by atoms with Gasteiger partial charge in [0.25, 0.3) is 0 Å². The first-order valence-electron chi connectivity index (χ1n) is 6.34. The lowest BCUT2D eigenvalue weighted by atomic mass is 9.97. The first-order chi connectivity index (χ1) is 9.61. The number of aliphatic hydroxyl groups is 1. The number of hydrogen-bond donors (Lipinski definition) is 1. The van der Waals surface area contributed by atoms with E-state index in [0.29, 0.717) is 5.01 Å². The van der Waals surface area contributed by atoms with Crippen molar-refractivity contribution in [1.29, 1.82) is 0 Å². The van der Waals surface area contributed by atoms with E-state index < -0.39 is 5.60 Å². The number of benzene rings is 2. The Hall–Kier alpha value is -1.91. The van der Waals surface area contributed by atoms with E-state index in [0.717, 1.165) is 21.5 Å². The third-order valence-electron chi connectivity index (χ3n) is 3.36. The van der Waals surface area contributed by atoms with Gasteiger partial charge in [-0.3, -0.25) is 0 Å². The van der Waals surface area contributed by atoms with Crippen LogP contribution in [0.2, 0.25) is 0 Å². The van der Waals surface area contributed by atoms with Crippen LogP contribution < -0.4 is 4.74 Å². The Morgan fingerprint density at radius 3 is 2.45 bits per heavy atom. The maximum atomic E-state index is 10.8. The van der Waals surface area contributed by atoms with Crippen LogP contribution >= 0.6 is 11.3 Å². The molecule has 3 nitrogen and oxygen atoms in total. The van der Waals surface area contributed by atoms with Gasteiger partial charge in [0.15, 0.2) is 0 Å². The predicted octanol–water partition coefficient (Wildman–Crippen LogP) is 3.56. The van der Waals surface area contributed by atoms with E-state index in [1.165, 1.54) is 11.3 Å². The van der Waals surface area contributed by atoms with Gasteiger partial charge in [-0.05, 0) is 36.8 Å². The molecule has 1 heterocycles. The summed E-state index contributed by atoms with van der Waals surface area (Å²) >= 11 is 1.52. The lowest BCUT2D eigenvalue weighted by Crippen LogP contribution is -2.22. The molecule has 0 bridgehead atoms. The molecule has 0 spiro atoms. The molecule has 0 fully saturated rings. The molecule has 4 heteroatoms. The van der Waals surface area contributed by atoms with Gasteiger partial charge in [0, 0.05) is 0 Å². The monoisotopic (exact) mass is 285 g/mol. The van der Waals surface area contributed by atoms with Crippen molar-refractivity contribution in [1.82, 2.24) is 4.98 Å². The predicted molar refractivity (Wildman–Crippen MR) is 81.3 cm³/mol. The molecule has 1 atom stereocenters. The number of thiazole rings is 1. The maximum Gasteiger partial charge on any atom is 0.138 e. The van der Waals surface area contributed by atoms with E-state index in [1.54, 1.807) is 14.0 Å². The largest absolute Gasteiger partial charge is 0.497 e. The van der Waals surface area contributed by atoms with Gasteiger partial charge >= 0.3 is 0 Å². The molecule has 102 valence electrons. The van der Waals surface area contributed by atoms with Crippen LogP contribution in [0.4, 0.5) is 0 Å². The average Bonchev–Trinajstić information content (AvgIpc) is 2.92. The summed E-state index contributed by atoms with van der Waals surface area (Å²) in [5.41, 5.74) is 0.620. The number of aromatic nitrogens is 1. The first kappa shape index (κ1) is 13.1. The number of rotatable bonds is 3. The zero-order valence-corrected chi connectivity index (χ0v) is 12.1. The van der Waals surface area contributed by atoms with Crippen molar-refractivity contribution in [2.45, 2.75) is 12.5 Å². The van der Waals surface area contributed by atoms with Gasteiger partial charge in [0.2, 0.25) is 0 Å². The summed E-state index contributed by atoms with van der Waals surface area (Å²) in [6.45, 7) is 1.77. The molecule has 0 aliphatic heterocycles. The quantitative estimate of drug-likeness (QED) is 0.800. The Morgan fingerprint density at radius 1 is 1.10 bits per heavy atom. The Labute approximate surface area is 121 Å². The molecule has 3 aromatic rings. The molecule has 20 heavy (non-hydrogen) atoms. The summed E-state index contributed by atoms with van der Waals surface area (Å²) in [6, 6.07) is 15.3. The second-order valence-corrected chi connectivity index (χ2v) is 5.82. The maximum absolute atomic E-state index is 10.8. The molecule has 0 saturated carbocycles. The van der Waals surface area contributed by atoms with Gasteiger partial charge in [0.05, 0.1) is 17.3 Å². The van der Waals surface area contributed by atoms with Crippen LogP contribution in [0.1, 0.15) is 17.5 Å². The van der Waals surface area contributed by atoms with Crippen LogP contribution in [0.15, 0.2) is 48.5 Å². The number of fused-ring (bicyclic) bond motifs is 1. The number of ether oxygens (including phenoxy) is 1. The Balaban J connectivity index is 2.04. The molecule has 0 unspecified atom stereocenters. The summed E-state index contributed by atoms with van der Waals surface area (Å²) in [5, 5.41) is 11.5. The third-order valence-corrected chi connectivity index (χ3v) is 4.61. The standard InChI is InChI=1S/C16H15NO2S/c1-16(18,11-7-9-12(19-2)10-8-11)15-17-13-5-3-4-6-14(13)20-15/h3-10,18H,1-2H3/t16-/m1/s1. The second-order valence-electron chi connectivity index (χ2n) is 4.79. The molecule has 0 aliphatic carbocycles. The zero-order chi connectivity index (χ0) is 14.2. The van der Waals surface area contributed by atoms with Crippen molar-refractivity contribution in [3.8, 4) is 5.75 Å². The minimum atomic E-state index is -1.10. The van der Waals surface area contributed by atoms with Gasteiger partial charge < -0.3 is 9.84 Å². The van der Waals surface area contributed by atoms with E-state index >= 15 is 0 Å². The van der Waals surface area contributed by atoms with Gasteiger partial charge in [-0.2, -0.15) is 0 Å². The summed E-state index contributed by atoms with van der Waals surface area (Å²) in [6.07, 6.45) is 0. The number of para-hydroxylation sites is 1. The minimum absolute atomic E-state index is 0.698. The van der Waals surface area contributed by atoms with Crippen LogP contribution in [0.3, 0.4) is 0 Å². The molecule has 1 aromatic heterocycles. The molecular weight excluding hydrogens is 270 g/mol. The minimum Gasteiger partial charge on any atom is -0.497 e. The van der Waals surface area contributed by atoms with E-state index in [2.05, 4.69) is 4.98 Å². The van der Waals surface area contributed by atoms with Gasteiger partial charge in [0.1, 0.15) is 16.4 Å². The molecule has 2 aromatic carbocycles. The zero-order valence-electron chi connectivity index (χ0n) is 11.3. The van der Waals surface area contributed by atoms with Crippen molar-refractivity contribution >= 4 is 21.6 Å². The summed E-state index contributed by atoms with van der Waals surface area (Å²) in [5.74, 6) is 0.772. The van der Waals surface area contributed by atoms with E-state index in [4.69, 9.17) is 4.74 Å². The van der Waals surface area contributed by atoms with Crippen LogP contribution in [-0.4, -0.2) is 17.2 Å². The van der Waals surface area contributed by atoms with E-state index in [-0.39, 0.29) is 0 Å². The highest BCUT2D eigenvalue weighted by molar-refractivity contribution is 7.18. The SMILES string of the molecule is COc1ccc([C@@](C)(O)c2nc3ccccc3s2)cc1. The van der Waals surface area contributed by atoms with E-state index in [9.17, 15) is 5.11 Å². The normalized spacial score (nSPS) is 14.2. The number of hydrogen-bond acceptors (Lipinski definition) is 4. The fourth-order valence-electron chi connectivity index (χ4n) is 2.12. The van der Waals surface area contributed by atoms with Gasteiger partial charge in [-0.15, -0.1) is 11.3 Å². The summed E-state index contributed by atoms with van der Waals surface area (Å²) in [4.78, 5) is 4.54. The van der Waals surface area contributed by atoms with Crippen LogP contribution in [-0.2, 0) is 5.60 Å². The second kappa shape index (κ2) is 4.89. The van der Waals surface area contributed by atoms with Crippen LogP contribution in [0, 0.1) is 0 Å². The lowest BCUT2D eigenvalue weighted by molar-refractivity contribution is 0.102. The molecule has 0 amide bonds. The summed E-state index contributed by atoms with van der Waals surface area (Å²) < 4.78 is 6.22. The molecule has 3 rings (SSSR count). The average molecular weight is 285 g/mol. The van der Waals surface area contributed by atoms with Gasteiger partial charge in [-0.25, -0.2) is 4.98 Å². The van der Waals surface area contributed by atoms with Crippen LogP contribution in [0.25, 0.3) is 10.2 Å². The highest BCUT2D eigenvalue weighted by Gasteiger charge is 2.29. The fraction of sp³-hybridized carbons (Fsp3) is 0.188. The molecule has 1 N–H and O–H groups in total. The van der Waals surface area contributed by atoms with Crippen molar-refractivity contribution in [2.24, 2.45) is 0 Å². The summed E-state index contributed by atoms with van der Waals surface area (Å²) in [7, 11) is 1.63. The Kier molecular flexibility index (Phi) is 3.20. The van der Waals surface area contributed by atoms with Gasteiger partial charge in [-0.1, -0.05) is 24.3 Å². The molecular formula is C16H15NO2S. The molecule has 0 radical (unpaired) electrons. The van der Waals surface area contributed by atoms with Crippen molar-refractivity contribution in [2.75, 3.05) is 7.11 Å². The van der Waals surface area contributed by atoms with Crippen LogP contribution in [0.5, 0.6) is 5.75 Å². The number of methoxy groups -OCH3 is 1. The molecule has 0 aliphatic rings. The Morgan fingerprint density at radius 2 is 1.80 bits per heavy atom. The topological polar surface area (TPSA) is 42.4 Å². The third kappa shape index (κ3) is 2.17. The first-order valence-corrected chi connectivity index (χ1v) is 7.16. The molecule has 0 saturated heterocycles. The van der Waals surface area contributed by atoms with Crippen molar-refractivity contribution < 1.29 is 9.84 Å². The number of nitrogens with zero attached hydrogens (tertiary/aromatic N) is 1. The lowest BCUT2D eigenvalue weighted by Gasteiger charge is -2.21. The van der Waals surface area contributed by atoms with Crippen molar-refractivity contribution in [3.63, 3.8) is 0 Å². The Bertz CT molecular complexity index is 699. The van der Waals surface area contributed by atoms with Crippen molar-refractivity contribution in [3.05, 3.63) is 59.1 Å². The highest BCUT2D eigenvalue weighted by Crippen LogP contribution is 2.35. The highest BCUT2D eigenvalue weighted by atomic mass is 32.1. The smallest absolute Gasteiger partial charge is 0.138 e. The fourth-order valence-corrected chi connectivity index (χ4v) is 3.15. The van der Waals surface area contributed by atoms with E-state index in [1.807, 2.05) is 48.5 Å².